The Morgan fingerprint density at radius 2 is 0.424 bits per heavy atom. The lowest BCUT2D eigenvalue weighted by Gasteiger charge is -2.26. The fourth-order valence-corrected chi connectivity index (χ4v) is 6.78. The second-order valence-electron chi connectivity index (χ2n) is 18.1. The third-order valence-corrected chi connectivity index (χ3v) is 11.4. The van der Waals surface area contributed by atoms with E-state index in [1.807, 2.05) is 24.3 Å². The SMILES string of the molecule is C=CC(=O)OCCOCCOCCOCCOCCOCCOCCOCCOCCOCCOc1ccc(C(C)(C)c2ccc(OCCOCCOCCOCCOCCOCCOCCOCCOCCOCCOC(=O)C=C)cc2)cc1. The number of carbonyl (C=O) groups excluding carboxylic acids is 2. The van der Waals surface area contributed by atoms with Crippen LogP contribution in [0, 0.1) is 0 Å². The third kappa shape index (κ3) is 48.4. The summed E-state index contributed by atoms with van der Waals surface area (Å²) in [4.78, 5) is 21.8. The molecule has 0 bridgehead atoms. The second-order valence-corrected chi connectivity index (χ2v) is 18.1. The van der Waals surface area contributed by atoms with Gasteiger partial charge in [-0.1, -0.05) is 51.3 Å². The van der Waals surface area contributed by atoms with Crippen LogP contribution in [0.1, 0.15) is 25.0 Å². The second kappa shape index (κ2) is 58.7. The number of hydrogen-bond acceptors (Lipinski definition) is 24. The van der Waals surface area contributed by atoms with Gasteiger partial charge in [0, 0.05) is 17.6 Å². The van der Waals surface area contributed by atoms with Gasteiger partial charge in [-0.2, -0.15) is 0 Å². The molecule has 0 heterocycles. The number of hydrogen-bond donors (Lipinski definition) is 0. The lowest BCUT2D eigenvalue weighted by Crippen LogP contribution is -2.19. The summed E-state index contributed by atoms with van der Waals surface area (Å²) in [7, 11) is 0. The predicted octanol–water partition coefficient (Wildman–Crippen LogP) is 4.53. The standard InChI is InChI=1S/C61H100O24/c1-5-59(62)84-53-49-80-45-41-76-37-33-72-29-25-68-21-17-64-15-19-66-23-27-70-31-35-74-39-43-78-47-51-82-57-11-7-55(8-12-57)61(3,4)56-9-13-58(14-10-56)83-52-48-79-44-40-75-36-32-71-28-24-67-20-16-65-18-22-69-26-30-73-34-38-77-42-46-81-50-54-85-60(63)6-2/h5-14H,1-2,15-54H2,3-4H3. The highest BCUT2D eigenvalue weighted by atomic mass is 16.6. The van der Waals surface area contributed by atoms with Gasteiger partial charge < -0.3 is 104 Å². The number of rotatable bonds is 66. The Labute approximate surface area is 504 Å². The van der Waals surface area contributed by atoms with Crippen LogP contribution in [0.25, 0.3) is 0 Å². The molecule has 0 saturated heterocycles. The fraction of sp³-hybridized carbons (Fsp3) is 0.705. The first kappa shape index (κ1) is 76.8. The molecule has 2 aromatic rings. The normalized spacial score (nSPS) is 11.5. The van der Waals surface area contributed by atoms with Crippen molar-refractivity contribution in [2.75, 3.05) is 264 Å². The summed E-state index contributed by atoms with van der Waals surface area (Å²) in [5.74, 6) is 0.635. The van der Waals surface area contributed by atoms with Crippen LogP contribution >= 0.6 is 0 Å². The summed E-state index contributed by atoms with van der Waals surface area (Å²) in [6, 6.07) is 16.3. The van der Waals surface area contributed by atoms with E-state index in [2.05, 4.69) is 51.3 Å². The zero-order valence-corrected chi connectivity index (χ0v) is 50.8. The van der Waals surface area contributed by atoms with Gasteiger partial charge in [-0.15, -0.1) is 0 Å². The molecule has 0 atom stereocenters. The first-order valence-corrected chi connectivity index (χ1v) is 29.3. The zero-order chi connectivity index (χ0) is 60.9. The molecular formula is C61H100O24. The minimum atomic E-state index is -0.466. The van der Waals surface area contributed by atoms with Gasteiger partial charge in [-0.3, -0.25) is 0 Å². The molecule has 0 amide bonds. The Morgan fingerprint density at radius 1 is 0.271 bits per heavy atom. The molecule has 24 nitrogen and oxygen atoms in total. The molecule has 0 unspecified atom stereocenters. The smallest absolute Gasteiger partial charge is 0.330 e. The maximum Gasteiger partial charge on any atom is 0.330 e. The lowest BCUT2D eigenvalue weighted by atomic mass is 9.78. The van der Waals surface area contributed by atoms with Gasteiger partial charge in [0.2, 0.25) is 0 Å². The van der Waals surface area contributed by atoms with Crippen LogP contribution in [0.2, 0.25) is 0 Å². The van der Waals surface area contributed by atoms with Gasteiger partial charge in [0.1, 0.15) is 37.9 Å². The molecule has 2 rings (SSSR count). The Kier molecular flexibility index (Phi) is 53.1. The number of carbonyl (C=O) groups is 2. The van der Waals surface area contributed by atoms with Crippen molar-refractivity contribution in [1.82, 2.24) is 0 Å². The van der Waals surface area contributed by atoms with Crippen molar-refractivity contribution in [3.63, 3.8) is 0 Å². The van der Waals surface area contributed by atoms with Gasteiger partial charge in [0.05, 0.1) is 238 Å². The Hall–Kier alpha value is -4.26. The molecule has 0 saturated carbocycles. The topological polar surface area (TPSA) is 237 Å². The Bertz CT molecular complexity index is 1680. The average molecular weight is 1220 g/mol. The molecule has 0 N–H and O–H groups in total. The Morgan fingerprint density at radius 3 is 0.588 bits per heavy atom. The monoisotopic (exact) mass is 1220 g/mol. The van der Waals surface area contributed by atoms with Crippen molar-refractivity contribution < 1.29 is 114 Å². The van der Waals surface area contributed by atoms with Crippen molar-refractivity contribution >= 4 is 11.9 Å². The van der Waals surface area contributed by atoms with Crippen LogP contribution in [-0.2, 0) is 110 Å². The van der Waals surface area contributed by atoms with Crippen LogP contribution in [0.5, 0.6) is 11.5 Å². The van der Waals surface area contributed by atoms with Crippen molar-refractivity contribution in [1.29, 1.82) is 0 Å². The van der Waals surface area contributed by atoms with Gasteiger partial charge in [0.15, 0.2) is 0 Å². The molecular weight excluding hydrogens is 1120 g/mol. The summed E-state index contributed by atoms with van der Waals surface area (Å²) in [5, 5.41) is 0. The molecule has 2 aromatic carbocycles. The predicted molar refractivity (Wildman–Crippen MR) is 313 cm³/mol. The molecule has 488 valence electrons. The summed E-state index contributed by atoms with van der Waals surface area (Å²) in [6.07, 6.45) is 2.22. The van der Waals surface area contributed by atoms with Crippen LogP contribution in [0.4, 0.5) is 0 Å². The van der Waals surface area contributed by atoms with Crippen molar-refractivity contribution in [3.05, 3.63) is 85.0 Å². The van der Waals surface area contributed by atoms with Crippen LogP contribution in [0.3, 0.4) is 0 Å². The molecule has 0 aromatic heterocycles. The van der Waals surface area contributed by atoms with E-state index in [1.54, 1.807) is 0 Å². The molecule has 0 aliphatic heterocycles. The van der Waals surface area contributed by atoms with Gasteiger partial charge in [-0.05, 0) is 35.4 Å². The van der Waals surface area contributed by atoms with Gasteiger partial charge in [0.25, 0.3) is 0 Å². The van der Waals surface area contributed by atoms with E-state index in [0.29, 0.717) is 251 Å². The van der Waals surface area contributed by atoms with E-state index in [-0.39, 0.29) is 18.6 Å². The molecule has 24 heteroatoms. The molecule has 85 heavy (non-hydrogen) atoms. The van der Waals surface area contributed by atoms with Crippen molar-refractivity contribution in [2.24, 2.45) is 0 Å². The van der Waals surface area contributed by atoms with E-state index in [0.717, 1.165) is 23.7 Å². The van der Waals surface area contributed by atoms with E-state index < -0.39 is 11.9 Å². The van der Waals surface area contributed by atoms with Crippen molar-refractivity contribution in [2.45, 2.75) is 19.3 Å². The van der Waals surface area contributed by atoms with E-state index in [9.17, 15) is 9.59 Å². The summed E-state index contributed by atoms with van der Waals surface area (Å²) in [5.41, 5.74) is 2.11. The number of ether oxygens (including phenoxy) is 22. The average Bonchev–Trinajstić information content (AvgIpc) is 3.10. The van der Waals surface area contributed by atoms with Crippen LogP contribution < -0.4 is 9.47 Å². The van der Waals surface area contributed by atoms with E-state index in [4.69, 9.17) is 104 Å². The highest BCUT2D eigenvalue weighted by Gasteiger charge is 2.23. The molecule has 0 aliphatic rings. The molecule has 0 aliphatic carbocycles. The Balaban J connectivity index is 1.28. The van der Waals surface area contributed by atoms with E-state index in [1.165, 1.54) is 11.1 Å². The largest absolute Gasteiger partial charge is 0.491 e. The fourth-order valence-electron chi connectivity index (χ4n) is 6.78. The molecule has 0 fully saturated rings. The first-order chi connectivity index (χ1) is 41.9. The molecule has 0 radical (unpaired) electrons. The number of esters is 2. The summed E-state index contributed by atoms with van der Waals surface area (Å²) < 4.78 is 120. The van der Waals surface area contributed by atoms with Gasteiger partial charge in [-0.25, -0.2) is 9.59 Å². The minimum absolute atomic E-state index is 0.188. The third-order valence-electron chi connectivity index (χ3n) is 11.4. The van der Waals surface area contributed by atoms with E-state index >= 15 is 0 Å². The minimum Gasteiger partial charge on any atom is -0.491 e. The number of benzene rings is 2. The highest BCUT2D eigenvalue weighted by Crippen LogP contribution is 2.33. The molecule has 0 spiro atoms. The van der Waals surface area contributed by atoms with Crippen LogP contribution in [0.15, 0.2) is 73.8 Å². The maximum absolute atomic E-state index is 10.9. The van der Waals surface area contributed by atoms with Crippen LogP contribution in [-0.4, -0.2) is 276 Å². The quantitative estimate of drug-likeness (QED) is 0.0502. The maximum atomic E-state index is 10.9. The lowest BCUT2D eigenvalue weighted by molar-refractivity contribution is -0.140. The van der Waals surface area contributed by atoms with Crippen molar-refractivity contribution in [3.8, 4) is 11.5 Å². The highest BCUT2D eigenvalue weighted by molar-refractivity contribution is 5.81. The summed E-state index contributed by atoms with van der Waals surface area (Å²) >= 11 is 0. The van der Waals surface area contributed by atoms with Gasteiger partial charge >= 0.3 is 11.9 Å². The summed E-state index contributed by atoms with van der Waals surface area (Å²) in [6.45, 7) is 28.7. The zero-order valence-electron chi connectivity index (χ0n) is 50.8. The first-order valence-electron chi connectivity index (χ1n) is 29.3.